The maximum atomic E-state index is 11.5. The Labute approximate surface area is 83.0 Å². The molecule has 0 aliphatic heterocycles. The largest absolute Gasteiger partial charge is 0.242 e. The van der Waals surface area contributed by atoms with Crippen LogP contribution < -0.4 is 0 Å². The Kier molecular flexibility index (Phi) is 2.95. The highest BCUT2D eigenvalue weighted by Crippen LogP contribution is 2.16. The van der Waals surface area contributed by atoms with Crippen LogP contribution in [0.25, 0.3) is 0 Å². The molecule has 5 heteroatoms. The lowest BCUT2D eigenvalue weighted by Gasteiger charge is -2.10. The molecule has 1 aromatic carbocycles. The average Bonchev–Trinajstić information content (AvgIpc) is 2.04. The quantitative estimate of drug-likeness (QED) is 0.753. The van der Waals surface area contributed by atoms with Crippen molar-refractivity contribution in [3.05, 3.63) is 29.3 Å². The second-order valence-corrected chi connectivity index (χ2v) is 5.22. The van der Waals surface area contributed by atoms with Crippen molar-refractivity contribution in [1.82, 2.24) is 4.31 Å². The van der Waals surface area contributed by atoms with Crippen molar-refractivity contribution in [3.8, 4) is 0 Å². The lowest BCUT2D eigenvalue weighted by atomic mass is 10.4. The van der Waals surface area contributed by atoms with Crippen LogP contribution in [0.15, 0.2) is 23.1 Å². The van der Waals surface area contributed by atoms with E-state index in [2.05, 4.69) is 6.07 Å². The number of hydrogen-bond acceptors (Lipinski definition) is 2. The van der Waals surface area contributed by atoms with Crippen molar-refractivity contribution in [2.45, 2.75) is 4.90 Å². The molecule has 0 saturated heterocycles. The fourth-order valence-corrected chi connectivity index (χ4v) is 1.96. The van der Waals surface area contributed by atoms with E-state index in [9.17, 15) is 8.42 Å². The molecule has 1 radical (unpaired) electrons. The Balaban J connectivity index is 3.24. The second kappa shape index (κ2) is 3.65. The van der Waals surface area contributed by atoms with Gasteiger partial charge in [0.1, 0.15) is 0 Å². The number of rotatable bonds is 2. The van der Waals surface area contributed by atoms with Gasteiger partial charge in [-0.3, -0.25) is 0 Å². The van der Waals surface area contributed by atoms with E-state index in [1.807, 2.05) is 0 Å². The highest BCUT2D eigenvalue weighted by molar-refractivity contribution is 7.89. The minimum Gasteiger partial charge on any atom is -0.207 e. The third-order valence-corrected chi connectivity index (χ3v) is 3.55. The zero-order chi connectivity index (χ0) is 10.1. The molecule has 0 aromatic heterocycles. The second-order valence-electron chi connectivity index (χ2n) is 2.66. The van der Waals surface area contributed by atoms with Crippen LogP contribution in [-0.2, 0) is 10.0 Å². The summed E-state index contributed by atoms with van der Waals surface area (Å²) in [5, 5.41) is 0.294. The lowest BCUT2D eigenvalue weighted by Crippen LogP contribution is -2.22. The molecule has 3 nitrogen and oxygen atoms in total. The first kappa shape index (κ1) is 10.5. The summed E-state index contributed by atoms with van der Waals surface area (Å²) in [6.45, 7) is 0. The molecule has 0 saturated carbocycles. The number of benzene rings is 1. The van der Waals surface area contributed by atoms with Crippen LogP contribution in [0, 0.1) is 6.07 Å². The molecule has 1 aromatic rings. The van der Waals surface area contributed by atoms with Gasteiger partial charge in [-0.05, 0) is 12.1 Å². The van der Waals surface area contributed by atoms with E-state index in [0.717, 1.165) is 4.31 Å². The van der Waals surface area contributed by atoms with E-state index in [1.165, 1.54) is 32.3 Å². The van der Waals surface area contributed by atoms with Crippen molar-refractivity contribution in [1.29, 1.82) is 0 Å². The van der Waals surface area contributed by atoms with Crippen molar-refractivity contribution in [2.75, 3.05) is 14.1 Å². The highest BCUT2D eigenvalue weighted by atomic mass is 35.5. The van der Waals surface area contributed by atoms with E-state index in [-0.39, 0.29) is 4.90 Å². The molecule has 0 aliphatic rings. The number of halogens is 1. The van der Waals surface area contributed by atoms with Gasteiger partial charge in [0, 0.05) is 25.2 Å². The van der Waals surface area contributed by atoms with Crippen LogP contribution in [0.1, 0.15) is 0 Å². The molecule has 0 atom stereocenters. The van der Waals surface area contributed by atoms with Crippen molar-refractivity contribution >= 4 is 21.6 Å². The molecular formula is C8H9ClNO2S. The van der Waals surface area contributed by atoms with Gasteiger partial charge in [0.05, 0.1) is 4.90 Å². The number of sulfonamides is 1. The summed E-state index contributed by atoms with van der Waals surface area (Å²) in [4.78, 5) is 0.182. The third-order valence-electron chi connectivity index (χ3n) is 1.52. The molecule has 0 heterocycles. The zero-order valence-corrected chi connectivity index (χ0v) is 8.85. The minimum atomic E-state index is -3.37. The fraction of sp³-hybridized carbons (Fsp3) is 0.250. The van der Waals surface area contributed by atoms with Gasteiger partial charge in [0.25, 0.3) is 0 Å². The van der Waals surface area contributed by atoms with Crippen LogP contribution in [0.3, 0.4) is 0 Å². The van der Waals surface area contributed by atoms with Crippen molar-refractivity contribution < 1.29 is 8.42 Å². The predicted octanol–water partition coefficient (Wildman–Crippen LogP) is 1.39. The summed E-state index contributed by atoms with van der Waals surface area (Å²) in [6, 6.07) is 6.98. The standard InChI is InChI=1S/C8H9ClNO2S/c1-10(2)13(11,12)8-5-3-4-7(9)6-8/h3,5-6H,1-2H3. The highest BCUT2D eigenvalue weighted by Gasteiger charge is 2.16. The van der Waals surface area contributed by atoms with Gasteiger partial charge in [-0.25, -0.2) is 12.7 Å². The molecule has 0 amide bonds. The van der Waals surface area contributed by atoms with Gasteiger partial charge in [-0.15, -0.1) is 0 Å². The van der Waals surface area contributed by atoms with E-state index < -0.39 is 10.0 Å². The average molecular weight is 219 g/mol. The molecule has 71 valence electrons. The molecule has 13 heavy (non-hydrogen) atoms. The Morgan fingerprint density at radius 3 is 2.54 bits per heavy atom. The Hall–Kier alpha value is -0.580. The van der Waals surface area contributed by atoms with Gasteiger partial charge >= 0.3 is 0 Å². The van der Waals surface area contributed by atoms with Crippen LogP contribution >= 0.6 is 11.6 Å². The van der Waals surface area contributed by atoms with E-state index >= 15 is 0 Å². The fourth-order valence-electron chi connectivity index (χ4n) is 0.789. The van der Waals surface area contributed by atoms with Crippen LogP contribution in [0.4, 0.5) is 0 Å². The molecule has 0 unspecified atom stereocenters. The van der Waals surface area contributed by atoms with Crippen molar-refractivity contribution in [3.63, 3.8) is 0 Å². The molecule has 0 spiro atoms. The van der Waals surface area contributed by atoms with Crippen molar-refractivity contribution in [2.24, 2.45) is 0 Å². The summed E-state index contributed by atoms with van der Waals surface area (Å²) in [5.74, 6) is 0. The van der Waals surface area contributed by atoms with Crippen LogP contribution in [0.5, 0.6) is 0 Å². The molecule has 1 rings (SSSR count). The molecule has 0 bridgehead atoms. The first-order chi connectivity index (χ1) is 5.94. The Bertz CT molecular complexity index is 400. The van der Waals surface area contributed by atoms with Gasteiger partial charge in [-0.2, -0.15) is 0 Å². The molecule has 0 fully saturated rings. The van der Waals surface area contributed by atoms with Gasteiger partial charge in [0.2, 0.25) is 10.0 Å². The monoisotopic (exact) mass is 218 g/mol. The first-order valence-corrected chi connectivity index (χ1v) is 5.36. The van der Waals surface area contributed by atoms with Gasteiger partial charge in [-0.1, -0.05) is 17.7 Å². The van der Waals surface area contributed by atoms with E-state index in [4.69, 9.17) is 11.6 Å². The summed E-state index contributed by atoms with van der Waals surface area (Å²) in [7, 11) is -0.426. The summed E-state index contributed by atoms with van der Waals surface area (Å²) in [6.07, 6.45) is 0. The van der Waals surface area contributed by atoms with Gasteiger partial charge < -0.3 is 0 Å². The number of hydrogen-bond donors (Lipinski definition) is 0. The van der Waals surface area contributed by atoms with Gasteiger partial charge in [0.15, 0.2) is 0 Å². The topological polar surface area (TPSA) is 37.4 Å². The normalized spacial score (nSPS) is 12.0. The molecule has 0 N–H and O–H groups in total. The lowest BCUT2D eigenvalue weighted by molar-refractivity contribution is 0.521. The minimum absolute atomic E-state index is 0.182. The van der Waals surface area contributed by atoms with Crippen LogP contribution in [-0.4, -0.2) is 26.8 Å². The summed E-state index contributed by atoms with van der Waals surface area (Å²) < 4.78 is 24.2. The Morgan fingerprint density at radius 2 is 2.08 bits per heavy atom. The smallest absolute Gasteiger partial charge is 0.207 e. The Morgan fingerprint density at radius 1 is 1.46 bits per heavy atom. The SMILES string of the molecule is CN(C)S(=O)(=O)c1cc[c]c(Cl)c1. The zero-order valence-electron chi connectivity index (χ0n) is 7.28. The molecule has 0 aliphatic carbocycles. The van der Waals surface area contributed by atoms with E-state index in [0.29, 0.717) is 5.02 Å². The first-order valence-electron chi connectivity index (χ1n) is 3.54. The number of nitrogens with zero attached hydrogens (tertiary/aromatic N) is 1. The summed E-state index contributed by atoms with van der Waals surface area (Å²) in [5.41, 5.74) is 0. The third kappa shape index (κ3) is 2.21. The maximum absolute atomic E-state index is 11.5. The van der Waals surface area contributed by atoms with E-state index in [1.54, 1.807) is 0 Å². The molecular weight excluding hydrogens is 210 g/mol. The predicted molar refractivity (Wildman–Crippen MR) is 51.2 cm³/mol. The van der Waals surface area contributed by atoms with Crippen LogP contribution in [0.2, 0.25) is 5.02 Å². The summed E-state index contributed by atoms with van der Waals surface area (Å²) >= 11 is 5.62. The maximum Gasteiger partial charge on any atom is 0.242 e.